The Balaban J connectivity index is 2.00. The van der Waals surface area contributed by atoms with Crippen LogP contribution in [-0.2, 0) is 4.79 Å². The molecule has 0 aromatic carbocycles. The zero-order chi connectivity index (χ0) is 14.7. The molecule has 20 heavy (non-hydrogen) atoms. The molecule has 1 fully saturated rings. The van der Waals surface area contributed by atoms with Gasteiger partial charge in [-0.2, -0.15) is 0 Å². The van der Waals surface area contributed by atoms with E-state index in [1.807, 2.05) is 0 Å². The summed E-state index contributed by atoms with van der Waals surface area (Å²) < 4.78 is 0. The van der Waals surface area contributed by atoms with Crippen molar-refractivity contribution in [1.82, 2.24) is 9.88 Å². The zero-order valence-electron chi connectivity index (χ0n) is 10.8. The monoisotopic (exact) mass is 280 g/mol. The summed E-state index contributed by atoms with van der Waals surface area (Å²) in [6.45, 7) is 1.02. The van der Waals surface area contributed by atoms with Gasteiger partial charge in [0.2, 0.25) is 0 Å². The van der Waals surface area contributed by atoms with Crippen molar-refractivity contribution in [3.8, 4) is 5.88 Å². The highest BCUT2D eigenvalue weighted by Crippen LogP contribution is 2.22. The summed E-state index contributed by atoms with van der Waals surface area (Å²) in [5.41, 5.74) is -0.389. The number of hydrogen-bond acceptors (Lipinski definition) is 4. The number of pyridine rings is 1. The van der Waals surface area contributed by atoms with E-state index in [0.717, 1.165) is 12.5 Å². The summed E-state index contributed by atoms with van der Waals surface area (Å²) in [5, 5.41) is 17.9. The first-order valence-corrected chi connectivity index (χ1v) is 6.40. The SMILES string of the molecule is O=C(O)CCC1CCN(C(=O)c2cc(O)[nH]c(=O)c2)C1. The first kappa shape index (κ1) is 14.1. The molecule has 1 amide bonds. The fraction of sp³-hybridized carbons (Fsp3) is 0.462. The molecule has 2 heterocycles. The molecule has 7 nitrogen and oxygen atoms in total. The van der Waals surface area contributed by atoms with Crippen LogP contribution in [0.1, 0.15) is 29.6 Å². The summed E-state index contributed by atoms with van der Waals surface area (Å²) in [5.74, 6) is -1.33. The van der Waals surface area contributed by atoms with Gasteiger partial charge in [0.05, 0.1) is 5.56 Å². The van der Waals surface area contributed by atoms with Crippen molar-refractivity contribution in [3.63, 3.8) is 0 Å². The number of likely N-dealkylation sites (tertiary alicyclic amines) is 1. The van der Waals surface area contributed by atoms with E-state index in [2.05, 4.69) is 4.98 Å². The Bertz CT molecular complexity index is 580. The maximum absolute atomic E-state index is 12.2. The minimum absolute atomic E-state index is 0.0957. The quantitative estimate of drug-likeness (QED) is 0.739. The van der Waals surface area contributed by atoms with Gasteiger partial charge < -0.3 is 15.1 Å². The molecule has 7 heteroatoms. The first-order valence-electron chi connectivity index (χ1n) is 6.40. The predicted octanol–water partition coefficient (Wildman–Crippen LogP) is 0.407. The molecule has 0 spiro atoms. The van der Waals surface area contributed by atoms with Gasteiger partial charge in [0, 0.05) is 31.6 Å². The third-order valence-electron chi connectivity index (χ3n) is 3.42. The van der Waals surface area contributed by atoms with Crippen LogP contribution >= 0.6 is 0 Å². The molecule has 1 aromatic heterocycles. The zero-order valence-corrected chi connectivity index (χ0v) is 10.8. The number of aliphatic carboxylic acids is 1. The lowest BCUT2D eigenvalue weighted by Gasteiger charge is -2.16. The topological polar surface area (TPSA) is 111 Å². The molecule has 108 valence electrons. The van der Waals surface area contributed by atoms with Crippen molar-refractivity contribution in [2.75, 3.05) is 13.1 Å². The summed E-state index contributed by atoms with van der Waals surface area (Å²) in [4.78, 5) is 37.7. The molecule has 0 saturated carbocycles. The van der Waals surface area contributed by atoms with E-state index in [4.69, 9.17) is 5.11 Å². The van der Waals surface area contributed by atoms with E-state index in [-0.39, 0.29) is 29.7 Å². The normalized spacial score (nSPS) is 18.2. The molecule has 0 aliphatic carbocycles. The highest BCUT2D eigenvalue weighted by atomic mass is 16.4. The Kier molecular flexibility index (Phi) is 4.07. The van der Waals surface area contributed by atoms with Crippen LogP contribution in [0, 0.1) is 5.92 Å². The van der Waals surface area contributed by atoms with Crippen LogP contribution in [0.2, 0.25) is 0 Å². The lowest BCUT2D eigenvalue weighted by molar-refractivity contribution is -0.137. The van der Waals surface area contributed by atoms with Gasteiger partial charge in [0.15, 0.2) is 5.88 Å². The average molecular weight is 280 g/mol. The van der Waals surface area contributed by atoms with Gasteiger partial charge in [-0.05, 0) is 18.8 Å². The highest BCUT2D eigenvalue weighted by Gasteiger charge is 2.27. The summed E-state index contributed by atoms with van der Waals surface area (Å²) >= 11 is 0. The van der Waals surface area contributed by atoms with Gasteiger partial charge in [0.1, 0.15) is 0 Å². The average Bonchev–Trinajstić information content (AvgIpc) is 2.83. The smallest absolute Gasteiger partial charge is 0.303 e. The van der Waals surface area contributed by atoms with Crippen LogP contribution in [-0.4, -0.2) is 45.1 Å². The number of aromatic nitrogens is 1. The second-order valence-corrected chi connectivity index (χ2v) is 4.96. The molecule has 1 atom stereocenters. The number of carboxylic acid groups (broad SMARTS) is 1. The number of amides is 1. The maximum Gasteiger partial charge on any atom is 0.303 e. The van der Waals surface area contributed by atoms with Crippen molar-refractivity contribution < 1.29 is 19.8 Å². The minimum Gasteiger partial charge on any atom is -0.494 e. The van der Waals surface area contributed by atoms with E-state index >= 15 is 0 Å². The molecule has 1 aliphatic rings. The number of carboxylic acids is 1. The van der Waals surface area contributed by atoms with Crippen molar-refractivity contribution in [1.29, 1.82) is 0 Å². The molecule has 0 bridgehead atoms. The highest BCUT2D eigenvalue weighted by molar-refractivity contribution is 5.94. The van der Waals surface area contributed by atoms with Crippen LogP contribution in [0.5, 0.6) is 5.88 Å². The summed E-state index contributed by atoms with van der Waals surface area (Å²) in [6.07, 6.45) is 1.40. The Hall–Kier alpha value is -2.31. The lowest BCUT2D eigenvalue weighted by Crippen LogP contribution is -2.29. The number of carbonyl (C=O) groups is 2. The van der Waals surface area contributed by atoms with E-state index < -0.39 is 11.5 Å². The molecule has 0 radical (unpaired) electrons. The fourth-order valence-electron chi connectivity index (χ4n) is 2.41. The Morgan fingerprint density at radius 2 is 2.15 bits per heavy atom. The molecule has 1 aromatic rings. The van der Waals surface area contributed by atoms with Gasteiger partial charge >= 0.3 is 5.97 Å². The van der Waals surface area contributed by atoms with Gasteiger partial charge in [-0.3, -0.25) is 19.4 Å². The molecule has 1 aliphatic heterocycles. The van der Waals surface area contributed by atoms with E-state index in [1.54, 1.807) is 4.90 Å². The van der Waals surface area contributed by atoms with Crippen LogP contribution in [0.4, 0.5) is 0 Å². The van der Waals surface area contributed by atoms with E-state index in [1.165, 1.54) is 6.07 Å². The van der Waals surface area contributed by atoms with E-state index in [0.29, 0.717) is 19.5 Å². The van der Waals surface area contributed by atoms with Crippen LogP contribution in [0.3, 0.4) is 0 Å². The van der Waals surface area contributed by atoms with Gasteiger partial charge in [-0.25, -0.2) is 0 Å². The molecule has 1 unspecified atom stereocenters. The molecular formula is C13H16N2O5. The Morgan fingerprint density at radius 1 is 1.40 bits per heavy atom. The third kappa shape index (κ3) is 3.37. The number of carbonyl (C=O) groups excluding carboxylic acids is 1. The van der Waals surface area contributed by atoms with Crippen molar-refractivity contribution in [3.05, 3.63) is 28.0 Å². The number of rotatable bonds is 4. The maximum atomic E-state index is 12.2. The van der Waals surface area contributed by atoms with Gasteiger partial charge in [0.25, 0.3) is 11.5 Å². The van der Waals surface area contributed by atoms with Crippen molar-refractivity contribution in [2.45, 2.75) is 19.3 Å². The second kappa shape index (κ2) is 5.77. The standard InChI is InChI=1S/C13H16N2O5/c16-10-5-9(6-11(17)14-10)13(20)15-4-3-8(7-15)1-2-12(18)19/h5-6,8H,1-4,7H2,(H,18,19)(H2,14,16,17). The largest absolute Gasteiger partial charge is 0.494 e. The van der Waals surface area contributed by atoms with Gasteiger partial charge in [-0.15, -0.1) is 0 Å². The predicted molar refractivity (Wildman–Crippen MR) is 69.6 cm³/mol. The Morgan fingerprint density at radius 3 is 2.80 bits per heavy atom. The summed E-state index contributed by atoms with van der Waals surface area (Å²) in [7, 11) is 0. The lowest BCUT2D eigenvalue weighted by atomic mass is 10.0. The molecule has 1 saturated heterocycles. The van der Waals surface area contributed by atoms with Gasteiger partial charge in [-0.1, -0.05) is 0 Å². The molecule has 3 N–H and O–H groups in total. The molecule has 2 rings (SSSR count). The van der Waals surface area contributed by atoms with Crippen molar-refractivity contribution in [2.24, 2.45) is 5.92 Å². The van der Waals surface area contributed by atoms with E-state index in [9.17, 15) is 19.5 Å². The number of aromatic hydroxyl groups is 1. The number of nitrogens with zero attached hydrogens (tertiary/aromatic N) is 1. The minimum atomic E-state index is -0.839. The third-order valence-corrected chi connectivity index (χ3v) is 3.42. The second-order valence-electron chi connectivity index (χ2n) is 4.96. The van der Waals surface area contributed by atoms with Crippen molar-refractivity contribution >= 4 is 11.9 Å². The number of hydrogen-bond donors (Lipinski definition) is 3. The fourth-order valence-corrected chi connectivity index (χ4v) is 2.41. The number of aromatic amines is 1. The summed E-state index contributed by atoms with van der Waals surface area (Å²) in [6, 6.07) is 2.36. The van der Waals surface area contributed by atoms with Crippen LogP contribution in [0.25, 0.3) is 0 Å². The van der Waals surface area contributed by atoms with Crippen LogP contribution in [0.15, 0.2) is 16.9 Å². The van der Waals surface area contributed by atoms with Crippen LogP contribution < -0.4 is 5.56 Å². The number of nitrogens with one attached hydrogen (secondary N) is 1. The number of H-pyrrole nitrogens is 1. The first-order chi connectivity index (χ1) is 9.45. The Labute approximate surface area is 114 Å². The molecular weight excluding hydrogens is 264 g/mol.